The van der Waals surface area contributed by atoms with Crippen LogP contribution in [0.3, 0.4) is 0 Å². The number of benzene rings is 1. The normalized spacial score (nSPS) is 19.1. The van der Waals surface area contributed by atoms with Crippen molar-refractivity contribution in [3.63, 3.8) is 0 Å². The molecule has 1 saturated heterocycles. The number of carbonyl (C=O) groups is 1. The van der Waals surface area contributed by atoms with Crippen LogP contribution in [0.5, 0.6) is 0 Å². The number of rotatable bonds is 5. The van der Waals surface area contributed by atoms with Gasteiger partial charge < -0.3 is 10.6 Å². The summed E-state index contributed by atoms with van der Waals surface area (Å²) in [6.45, 7) is 0.933. The van der Waals surface area contributed by atoms with Gasteiger partial charge in [-0.05, 0) is 24.3 Å². The van der Waals surface area contributed by atoms with Crippen LogP contribution < -0.4 is 10.6 Å². The van der Waals surface area contributed by atoms with E-state index in [4.69, 9.17) is 0 Å². The molecule has 0 aromatic heterocycles. The third kappa shape index (κ3) is 5.30. The van der Waals surface area contributed by atoms with Gasteiger partial charge in [-0.2, -0.15) is 20.5 Å². The summed E-state index contributed by atoms with van der Waals surface area (Å²) in [5.74, 6) is -0.455. The van der Waals surface area contributed by atoms with Gasteiger partial charge in [-0.1, -0.05) is 11.8 Å². The first-order valence-electron chi connectivity index (χ1n) is 6.29. The van der Waals surface area contributed by atoms with Crippen LogP contribution in [0.1, 0.15) is 6.42 Å². The van der Waals surface area contributed by atoms with Gasteiger partial charge in [0.15, 0.2) is 0 Å². The Bertz CT molecular complexity index is 437. The van der Waals surface area contributed by atoms with Crippen LogP contribution in [-0.4, -0.2) is 35.8 Å². The van der Waals surface area contributed by atoms with Crippen molar-refractivity contribution in [1.29, 1.82) is 0 Å². The highest BCUT2D eigenvalue weighted by molar-refractivity contribution is 7.99. The Balaban J connectivity index is 1.81. The number of thioether (sulfide) groups is 2. The molecule has 2 rings (SSSR count). The summed E-state index contributed by atoms with van der Waals surface area (Å²) in [4.78, 5) is 12.3. The average Bonchev–Trinajstić information content (AvgIpc) is 2.41. The number of carbonyl (C=O) groups excluding carboxylic acids is 1. The Morgan fingerprint density at radius 1 is 1.45 bits per heavy atom. The molecule has 1 aromatic rings. The molecule has 1 aliphatic rings. The van der Waals surface area contributed by atoms with Gasteiger partial charge in [-0.3, -0.25) is 4.79 Å². The van der Waals surface area contributed by atoms with Gasteiger partial charge in [0.1, 0.15) is 0 Å². The molecule has 110 valence electrons. The fourth-order valence-corrected chi connectivity index (χ4v) is 3.35. The van der Waals surface area contributed by atoms with Gasteiger partial charge in [-0.15, -0.1) is 0 Å². The molecule has 1 fully saturated rings. The highest BCUT2D eigenvalue weighted by Crippen LogP contribution is 2.26. The SMILES string of the molecule is O=C(CC1CSCCN1)Nc1ccc(SC(F)F)cc1. The Morgan fingerprint density at radius 2 is 2.20 bits per heavy atom. The van der Waals surface area contributed by atoms with E-state index in [0.29, 0.717) is 28.8 Å². The number of halogens is 2. The zero-order chi connectivity index (χ0) is 14.4. The number of hydrogen-bond donors (Lipinski definition) is 2. The molecule has 1 heterocycles. The van der Waals surface area contributed by atoms with Crippen LogP contribution in [0.2, 0.25) is 0 Å². The topological polar surface area (TPSA) is 41.1 Å². The van der Waals surface area contributed by atoms with E-state index in [-0.39, 0.29) is 11.9 Å². The van der Waals surface area contributed by atoms with Crippen molar-refractivity contribution in [2.24, 2.45) is 0 Å². The first-order valence-corrected chi connectivity index (χ1v) is 8.33. The van der Waals surface area contributed by atoms with Crippen molar-refractivity contribution in [2.75, 3.05) is 23.4 Å². The van der Waals surface area contributed by atoms with E-state index in [2.05, 4.69) is 10.6 Å². The number of anilines is 1. The van der Waals surface area contributed by atoms with E-state index in [0.717, 1.165) is 18.1 Å². The summed E-state index contributed by atoms with van der Waals surface area (Å²) in [7, 11) is 0. The van der Waals surface area contributed by atoms with E-state index in [1.165, 1.54) is 0 Å². The van der Waals surface area contributed by atoms with E-state index < -0.39 is 5.76 Å². The second kappa shape index (κ2) is 7.85. The van der Waals surface area contributed by atoms with Crippen LogP contribution in [-0.2, 0) is 4.79 Å². The van der Waals surface area contributed by atoms with Crippen LogP contribution in [0.25, 0.3) is 0 Å². The summed E-state index contributed by atoms with van der Waals surface area (Å²) in [5, 5.41) is 6.08. The maximum Gasteiger partial charge on any atom is 0.288 e. The Hall–Kier alpha value is -0.790. The van der Waals surface area contributed by atoms with E-state index in [1.807, 2.05) is 11.8 Å². The van der Waals surface area contributed by atoms with Crippen LogP contribution in [0.15, 0.2) is 29.2 Å². The molecule has 7 heteroatoms. The van der Waals surface area contributed by atoms with Gasteiger partial charge >= 0.3 is 0 Å². The molecular formula is C13H16F2N2OS2. The molecule has 0 saturated carbocycles. The highest BCUT2D eigenvalue weighted by Gasteiger charge is 2.16. The molecule has 1 aromatic carbocycles. The summed E-state index contributed by atoms with van der Waals surface area (Å²) in [6, 6.07) is 6.67. The molecule has 1 aliphatic heterocycles. The standard InChI is InChI=1S/C13H16F2N2OS2/c14-13(15)20-11-3-1-9(2-4-11)17-12(18)7-10-8-19-6-5-16-10/h1-4,10,13,16H,5-8H2,(H,17,18). The van der Waals surface area contributed by atoms with Gasteiger partial charge in [0.05, 0.1) is 0 Å². The molecule has 1 atom stereocenters. The molecule has 20 heavy (non-hydrogen) atoms. The molecule has 0 aliphatic carbocycles. The molecule has 0 radical (unpaired) electrons. The van der Waals surface area contributed by atoms with Crippen molar-refractivity contribution >= 4 is 35.1 Å². The molecule has 2 N–H and O–H groups in total. The molecule has 3 nitrogen and oxygen atoms in total. The molecule has 1 unspecified atom stereocenters. The third-order valence-electron chi connectivity index (χ3n) is 2.79. The van der Waals surface area contributed by atoms with E-state index in [1.54, 1.807) is 24.3 Å². The minimum atomic E-state index is -2.43. The van der Waals surface area contributed by atoms with Gasteiger partial charge in [0, 0.05) is 41.1 Å². The molecule has 1 amide bonds. The number of nitrogens with one attached hydrogen (secondary N) is 2. The van der Waals surface area contributed by atoms with Crippen molar-refractivity contribution in [3.05, 3.63) is 24.3 Å². The summed E-state index contributed by atoms with van der Waals surface area (Å²) < 4.78 is 24.4. The number of hydrogen-bond acceptors (Lipinski definition) is 4. The summed E-state index contributed by atoms with van der Waals surface area (Å²) in [6.07, 6.45) is 0.431. The maximum absolute atomic E-state index is 12.2. The van der Waals surface area contributed by atoms with E-state index >= 15 is 0 Å². The third-order valence-corrected chi connectivity index (χ3v) is 4.65. The monoisotopic (exact) mass is 318 g/mol. The van der Waals surface area contributed by atoms with Crippen LogP contribution >= 0.6 is 23.5 Å². The van der Waals surface area contributed by atoms with Crippen molar-refractivity contribution in [3.8, 4) is 0 Å². The molecule has 0 spiro atoms. The smallest absolute Gasteiger partial charge is 0.288 e. The van der Waals surface area contributed by atoms with E-state index in [9.17, 15) is 13.6 Å². The van der Waals surface area contributed by atoms with Crippen molar-refractivity contribution in [1.82, 2.24) is 5.32 Å². The lowest BCUT2D eigenvalue weighted by Gasteiger charge is -2.22. The number of alkyl halides is 2. The summed E-state index contributed by atoms with van der Waals surface area (Å²) >= 11 is 2.34. The lowest BCUT2D eigenvalue weighted by molar-refractivity contribution is -0.116. The first-order chi connectivity index (χ1) is 9.63. The fourth-order valence-electron chi connectivity index (χ4n) is 1.91. The Morgan fingerprint density at radius 3 is 2.80 bits per heavy atom. The largest absolute Gasteiger partial charge is 0.326 e. The fraction of sp³-hybridized carbons (Fsp3) is 0.462. The van der Waals surface area contributed by atoms with Crippen molar-refractivity contribution in [2.45, 2.75) is 23.1 Å². The second-order valence-corrected chi connectivity index (χ2v) is 6.59. The molecule has 0 bridgehead atoms. The Labute approximate surface area is 125 Å². The maximum atomic E-state index is 12.2. The zero-order valence-corrected chi connectivity index (χ0v) is 12.4. The minimum absolute atomic E-state index is 0.0562. The minimum Gasteiger partial charge on any atom is -0.326 e. The predicted molar refractivity (Wildman–Crippen MR) is 80.7 cm³/mol. The Kier molecular flexibility index (Phi) is 6.12. The quantitative estimate of drug-likeness (QED) is 0.819. The van der Waals surface area contributed by atoms with Crippen LogP contribution in [0.4, 0.5) is 14.5 Å². The lowest BCUT2D eigenvalue weighted by atomic mass is 10.2. The average molecular weight is 318 g/mol. The van der Waals surface area contributed by atoms with Crippen LogP contribution in [0, 0.1) is 0 Å². The number of amides is 1. The van der Waals surface area contributed by atoms with Gasteiger partial charge in [0.25, 0.3) is 5.76 Å². The first kappa shape index (κ1) is 15.6. The predicted octanol–water partition coefficient (Wildman–Crippen LogP) is 3.03. The highest BCUT2D eigenvalue weighted by atomic mass is 32.2. The summed E-state index contributed by atoms with van der Waals surface area (Å²) in [5.41, 5.74) is 0.636. The second-order valence-electron chi connectivity index (χ2n) is 4.38. The lowest BCUT2D eigenvalue weighted by Crippen LogP contribution is -2.39. The zero-order valence-electron chi connectivity index (χ0n) is 10.8. The van der Waals surface area contributed by atoms with Gasteiger partial charge in [0.2, 0.25) is 5.91 Å². The molecular weight excluding hydrogens is 302 g/mol. The van der Waals surface area contributed by atoms with Gasteiger partial charge in [-0.25, -0.2) is 0 Å². The van der Waals surface area contributed by atoms with Crippen molar-refractivity contribution < 1.29 is 13.6 Å².